The lowest BCUT2D eigenvalue weighted by molar-refractivity contribution is -0.114. The third-order valence-corrected chi connectivity index (χ3v) is 7.36. The molecule has 0 heterocycles. The molecule has 1 spiro atoms. The lowest BCUT2D eigenvalue weighted by atomic mass is 9.57. The van der Waals surface area contributed by atoms with Crippen molar-refractivity contribution in [2.24, 2.45) is 22.7 Å². The van der Waals surface area contributed by atoms with Crippen molar-refractivity contribution in [1.29, 1.82) is 0 Å². The van der Waals surface area contributed by atoms with Gasteiger partial charge < -0.3 is 5.11 Å². The van der Waals surface area contributed by atoms with Crippen molar-refractivity contribution < 1.29 is 9.90 Å². The molecular weight excluding hydrogens is 260 g/mol. The molecule has 5 aliphatic carbocycles. The van der Waals surface area contributed by atoms with Gasteiger partial charge in [0.1, 0.15) is 0 Å². The summed E-state index contributed by atoms with van der Waals surface area (Å²) in [6.07, 6.45) is 12.5. The molecule has 2 saturated carbocycles. The highest BCUT2D eigenvalue weighted by molar-refractivity contribution is 5.93. The molecule has 0 radical (unpaired) electrons. The van der Waals surface area contributed by atoms with Gasteiger partial charge >= 0.3 is 0 Å². The van der Waals surface area contributed by atoms with Crippen LogP contribution in [-0.4, -0.2) is 17.0 Å². The summed E-state index contributed by atoms with van der Waals surface area (Å²) in [5, 5.41) is 10.5. The SMILES string of the molecule is C[C@]12C=CC3=C4CCC(=O)C=C4CC[C@H]3[C@@]13C[C@H]3C[C@H]2O. The van der Waals surface area contributed by atoms with Crippen molar-refractivity contribution >= 4 is 5.78 Å². The van der Waals surface area contributed by atoms with Crippen molar-refractivity contribution in [2.45, 2.75) is 51.6 Å². The third kappa shape index (κ3) is 1.27. The van der Waals surface area contributed by atoms with Crippen LogP contribution in [0.25, 0.3) is 0 Å². The van der Waals surface area contributed by atoms with Crippen LogP contribution in [0.5, 0.6) is 0 Å². The Morgan fingerprint density at radius 2 is 2.14 bits per heavy atom. The Kier molecular flexibility index (Phi) is 2.13. The number of aliphatic hydroxyl groups is 1. The first-order chi connectivity index (χ1) is 10.1. The highest BCUT2D eigenvalue weighted by Gasteiger charge is 2.75. The zero-order chi connectivity index (χ0) is 14.4. The molecule has 0 amide bonds. The number of rotatable bonds is 0. The minimum atomic E-state index is -0.163. The Morgan fingerprint density at radius 1 is 1.29 bits per heavy atom. The van der Waals surface area contributed by atoms with E-state index in [0.29, 0.717) is 23.5 Å². The van der Waals surface area contributed by atoms with Crippen LogP contribution in [0.1, 0.15) is 45.4 Å². The van der Waals surface area contributed by atoms with Gasteiger partial charge in [-0.3, -0.25) is 4.79 Å². The molecule has 2 nitrogen and oxygen atoms in total. The van der Waals surface area contributed by atoms with E-state index in [9.17, 15) is 9.90 Å². The number of hydrogen-bond acceptors (Lipinski definition) is 2. The molecule has 0 aromatic heterocycles. The summed E-state index contributed by atoms with van der Waals surface area (Å²) in [5.41, 5.74) is 4.59. The number of aliphatic hydroxyl groups excluding tert-OH is 1. The zero-order valence-corrected chi connectivity index (χ0v) is 12.6. The average molecular weight is 282 g/mol. The quantitative estimate of drug-likeness (QED) is 0.740. The van der Waals surface area contributed by atoms with Crippen LogP contribution in [0.3, 0.4) is 0 Å². The van der Waals surface area contributed by atoms with E-state index in [1.54, 1.807) is 0 Å². The fourth-order valence-corrected chi connectivity index (χ4v) is 6.19. The molecule has 0 bridgehead atoms. The molecule has 0 unspecified atom stereocenters. The minimum Gasteiger partial charge on any atom is -0.392 e. The number of carbonyl (C=O) groups excluding carboxylic acids is 1. The summed E-state index contributed by atoms with van der Waals surface area (Å²) in [5.74, 6) is 1.64. The highest BCUT2D eigenvalue weighted by Crippen LogP contribution is 2.79. The second kappa shape index (κ2) is 3.60. The van der Waals surface area contributed by atoms with Crippen molar-refractivity contribution in [1.82, 2.24) is 0 Å². The fraction of sp³-hybridized carbons (Fsp3) is 0.632. The Bertz CT molecular complexity index is 652. The van der Waals surface area contributed by atoms with Gasteiger partial charge in [0.25, 0.3) is 0 Å². The summed E-state index contributed by atoms with van der Waals surface area (Å²) < 4.78 is 0. The van der Waals surface area contributed by atoms with Gasteiger partial charge in [-0.05, 0) is 72.2 Å². The summed E-state index contributed by atoms with van der Waals surface area (Å²) >= 11 is 0. The Balaban J connectivity index is 1.69. The molecule has 2 fully saturated rings. The van der Waals surface area contributed by atoms with Gasteiger partial charge in [0.15, 0.2) is 5.78 Å². The first-order valence-electron chi connectivity index (χ1n) is 8.40. The Morgan fingerprint density at radius 3 is 3.00 bits per heavy atom. The molecule has 0 saturated heterocycles. The van der Waals surface area contributed by atoms with Crippen LogP contribution in [0, 0.1) is 22.7 Å². The van der Waals surface area contributed by atoms with E-state index in [2.05, 4.69) is 19.1 Å². The van der Waals surface area contributed by atoms with Gasteiger partial charge in [-0.15, -0.1) is 0 Å². The number of fused-ring (bicyclic) bond motifs is 2. The van der Waals surface area contributed by atoms with Crippen molar-refractivity contribution in [3.05, 3.63) is 34.9 Å². The van der Waals surface area contributed by atoms with Crippen LogP contribution in [0.15, 0.2) is 34.9 Å². The van der Waals surface area contributed by atoms with Crippen molar-refractivity contribution in [2.75, 3.05) is 0 Å². The average Bonchev–Trinajstić information content (AvgIpc) is 3.12. The monoisotopic (exact) mass is 282 g/mol. The number of allylic oxidation sites excluding steroid dienone is 5. The van der Waals surface area contributed by atoms with Crippen LogP contribution >= 0.6 is 0 Å². The van der Waals surface area contributed by atoms with Crippen LogP contribution in [-0.2, 0) is 4.79 Å². The maximum atomic E-state index is 11.7. The molecule has 21 heavy (non-hydrogen) atoms. The molecule has 2 heteroatoms. The van der Waals surface area contributed by atoms with E-state index in [1.807, 2.05) is 6.08 Å². The number of carbonyl (C=O) groups is 1. The molecule has 0 aliphatic heterocycles. The molecular formula is C19H22O2. The summed E-state index contributed by atoms with van der Waals surface area (Å²) in [4.78, 5) is 11.7. The van der Waals surface area contributed by atoms with Crippen LogP contribution in [0.2, 0.25) is 0 Å². The molecule has 5 atom stereocenters. The molecule has 5 rings (SSSR count). The normalized spacial score (nSPS) is 50.1. The van der Waals surface area contributed by atoms with Crippen LogP contribution < -0.4 is 0 Å². The predicted octanol–water partition coefficient (Wildman–Crippen LogP) is 3.33. The Labute approximate surface area is 125 Å². The summed E-state index contributed by atoms with van der Waals surface area (Å²) in [7, 11) is 0. The smallest absolute Gasteiger partial charge is 0.156 e. The van der Waals surface area contributed by atoms with Gasteiger partial charge in [-0.2, -0.15) is 0 Å². The topological polar surface area (TPSA) is 37.3 Å². The number of hydrogen-bond donors (Lipinski definition) is 1. The molecule has 0 aromatic carbocycles. The van der Waals surface area contributed by atoms with E-state index < -0.39 is 0 Å². The standard InChI is InChI=1S/C19H22O2/c1-18-7-6-15-14-4-3-13(20)8-11(14)2-5-16(15)19(18)10-12(19)9-17(18)21/h6-8,12,16-17,21H,2-5,9-10H2,1H3/t12-,16-,17-,18-,19+/m1/s1. The van der Waals surface area contributed by atoms with Crippen LogP contribution in [0.4, 0.5) is 0 Å². The second-order valence-corrected chi connectivity index (χ2v) is 7.97. The lowest BCUT2D eigenvalue weighted by Crippen LogP contribution is -2.43. The second-order valence-electron chi connectivity index (χ2n) is 7.97. The van der Waals surface area contributed by atoms with Crippen molar-refractivity contribution in [3.63, 3.8) is 0 Å². The maximum Gasteiger partial charge on any atom is 0.156 e. The van der Waals surface area contributed by atoms with E-state index in [1.165, 1.54) is 29.6 Å². The molecule has 110 valence electrons. The van der Waals surface area contributed by atoms with Gasteiger partial charge in [-0.1, -0.05) is 19.1 Å². The molecule has 5 aliphatic rings. The summed E-state index contributed by atoms with van der Waals surface area (Å²) in [6.45, 7) is 2.28. The molecule has 1 N–H and O–H groups in total. The third-order valence-electron chi connectivity index (χ3n) is 7.36. The van der Waals surface area contributed by atoms with Gasteiger partial charge in [0.05, 0.1) is 6.10 Å². The van der Waals surface area contributed by atoms with Gasteiger partial charge in [0.2, 0.25) is 0 Å². The first kappa shape index (κ1) is 12.4. The van der Waals surface area contributed by atoms with Gasteiger partial charge in [-0.25, -0.2) is 0 Å². The van der Waals surface area contributed by atoms with E-state index in [4.69, 9.17) is 0 Å². The summed E-state index contributed by atoms with van der Waals surface area (Å²) in [6, 6.07) is 0. The zero-order valence-electron chi connectivity index (χ0n) is 12.6. The largest absolute Gasteiger partial charge is 0.392 e. The van der Waals surface area contributed by atoms with E-state index >= 15 is 0 Å². The minimum absolute atomic E-state index is 0.0158. The van der Waals surface area contributed by atoms with Gasteiger partial charge in [0, 0.05) is 11.8 Å². The van der Waals surface area contributed by atoms with Crippen molar-refractivity contribution in [3.8, 4) is 0 Å². The first-order valence-corrected chi connectivity index (χ1v) is 8.40. The number of ketones is 1. The lowest BCUT2D eigenvalue weighted by Gasteiger charge is -2.47. The Hall–Kier alpha value is -1.15. The highest BCUT2D eigenvalue weighted by atomic mass is 16.3. The predicted molar refractivity (Wildman–Crippen MR) is 80.5 cm³/mol. The molecule has 0 aromatic rings. The maximum absolute atomic E-state index is 11.7. The van der Waals surface area contributed by atoms with E-state index in [-0.39, 0.29) is 11.5 Å². The fourth-order valence-electron chi connectivity index (χ4n) is 6.19. The van der Waals surface area contributed by atoms with E-state index in [0.717, 1.165) is 25.2 Å².